The summed E-state index contributed by atoms with van der Waals surface area (Å²) in [6.45, 7) is 3.86. The number of ether oxygens (including phenoxy) is 2. The van der Waals surface area contributed by atoms with E-state index >= 15 is 0 Å². The van der Waals surface area contributed by atoms with E-state index in [1.165, 1.54) is 12.1 Å². The van der Waals surface area contributed by atoms with Crippen LogP contribution >= 0.6 is 0 Å². The highest BCUT2D eigenvalue weighted by Gasteiger charge is 2.02. The molecule has 0 aliphatic carbocycles. The number of carbonyl (C=O) groups is 1. The van der Waals surface area contributed by atoms with E-state index in [0.717, 1.165) is 11.6 Å². The zero-order chi connectivity index (χ0) is 14.1. The molecule has 0 amide bonds. The molecular formula is C14H17FO4. The molecule has 19 heavy (non-hydrogen) atoms. The van der Waals surface area contributed by atoms with Crippen LogP contribution in [0, 0.1) is 5.82 Å². The lowest BCUT2D eigenvalue weighted by Gasteiger charge is -2.06. The lowest BCUT2D eigenvalue weighted by Crippen LogP contribution is -2.04. The molecule has 1 aromatic rings. The Bertz CT molecular complexity index is 443. The first-order chi connectivity index (χ1) is 9.13. The molecule has 104 valence electrons. The van der Waals surface area contributed by atoms with Crippen LogP contribution in [0.4, 0.5) is 4.39 Å². The third-order valence-electron chi connectivity index (χ3n) is 2.31. The summed E-state index contributed by atoms with van der Waals surface area (Å²) in [6, 6.07) is 4.46. The van der Waals surface area contributed by atoms with Gasteiger partial charge in [-0.1, -0.05) is 6.07 Å². The van der Waals surface area contributed by atoms with Gasteiger partial charge in [0.1, 0.15) is 5.82 Å². The molecule has 0 unspecified atom stereocenters. The van der Waals surface area contributed by atoms with Gasteiger partial charge in [0.05, 0.1) is 19.8 Å². The molecule has 0 heterocycles. The normalized spacial score (nSPS) is 11.1. The zero-order valence-corrected chi connectivity index (χ0v) is 10.8. The Kier molecular flexibility index (Phi) is 6.78. The Balaban J connectivity index is 2.55. The average Bonchev–Trinajstić information content (AvgIpc) is 2.38. The van der Waals surface area contributed by atoms with Crippen LogP contribution in [0.1, 0.15) is 18.1 Å². The topological polar surface area (TPSA) is 55.8 Å². The van der Waals surface area contributed by atoms with Crippen molar-refractivity contribution in [2.75, 3.05) is 19.8 Å². The molecule has 0 radical (unpaired) electrons. The second-order valence-corrected chi connectivity index (χ2v) is 3.78. The van der Waals surface area contributed by atoms with Crippen LogP contribution in [-0.2, 0) is 20.9 Å². The summed E-state index contributed by atoms with van der Waals surface area (Å²) < 4.78 is 23.9. The van der Waals surface area contributed by atoms with Gasteiger partial charge in [-0.05, 0) is 30.7 Å². The third-order valence-corrected chi connectivity index (χ3v) is 2.31. The van der Waals surface area contributed by atoms with Crippen molar-refractivity contribution in [2.24, 2.45) is 0 Å². The maximum atomic E-state index is 13.4. The van der Waals surface area contributed by atoms with Crippen molar-refractivity contribution in [3.05, 3.63) is 41.2 Å². The quantitative estimate of drug-likeness (QED) is 0.581. The smallest absolute Gasteiger partial charge is 0.328 e. The first-order valence-electron chi connectivity index (χ1n) is 5.98. The van der Waals surface area contributed by atoms with Crippen LogP contribution in [0.5, 0.6) is 0 Å². The summed E-state index contributed by atoms with van der Waals surface area (Å²) in [5, 5.41) is 8.51. The summed E-state index contributed by atoms with van der Waals surface area (Å²) in [7, 11) is 0. The van der Waals surface area contributed by atoms with Crippen LogP contribution in [-0.4, -0.2) is 30.9 Å². The molecule has 0 aliphatic rings. The van der Waals surface area contributed by atoms with Crippen molar-refractivity contribution in [3.8, 4) is 0 Å². The first kappa shape index (κ1) is 15.3. The molecule has 0 saturated carbocycles. The van der Waals surface area contributed by atoms with E-state index in [9.17, 15) is 9.18 Å². The highest BCUT2D eigenvalue weighted by Crippen LogP contribution is 2.13. The maximum absolute atomic E-state index is 13.4. The van der Waals surface area contributed by atoms with E-state index in [0.29, 0.717) is 26.4 Å². The van der Waals surface area contributed by atoms with Crippen molar-refractivity contribution in [3.63, 3.8) is 0 Å². The minimum atomic E-state index is -1.11. The van der Waals surface area contributed by atoms with Gasteiger partial charge in [0.2, 0.25) is 0 Å². The van der Waals surface area contributed by atoms with E-state index < -0.39 is 11.8 Å². The van der Waals surface area contributed by atoms with Crippen molar-refractivity contribution >= 4 is 12.0 Å². The number of aliphatic carboxylic acids is 1. The molecule has 5 heteroatoms. The van der Waals surface area contributed by atoms with Crippen LogP contribution in [0.15, 0.2) is 24.3 Å². The van der Waals surface area contributed by atoms with Gasteiger partial charge in [-0.3, -0.25) is 0 Å². The fourth-order valence-electron chi connectivity index (χ4n) is 1.42. The summed E-state index contributed by atoms with van der Waals surface area (Å²) in [5.41, 5.74) is 1.01. The summed E-state index contributed by atoms with van der Waals surface area (Å²) >= 11 is 0. The number of hydrogen-bond donors (Lipinski definition) is 1. The molecule has 0 fully saturated rings. The standard InChI is InChI=1S/C14H17FO4/c1-2-18-7-8-19-10-11-3-5-13(15)12(9-11)4-6-14(16)17/h3-6,9H,2,7-8,10H2,1H3,(H,16,17)/b6-4+. The maximum Gasteiger partial charge on any atom is 0.328 e. The van der Waals surface area contributed by atoms with E-state index in [-0.39, 0.29) is 5.56 Å². The van der Waals surface area contributed by atoms with Crippen LogP contribution in [0.25, 0.3) is 6.08 Å². The van der Waals surface area contributed by atoms with E-state index in [2.05, 4.69) is 0 Å². The first-order valence-corrected chi connectivity index (χ1v) is 5.98. The Morgan fingerprint density at radius 3 is 2.79 bits per heavy atom. The molecule has 0 saturated heterocycles. The van der Waals surface area contributed by atoms with Gasteiger partial charge >= 0.3 is 5.97 Å². The lowest BCUT2D eigenvalue weighted by molar-refractivity contribution is -0.131. The van der Waals surface area contributed by atoms with E-state index in [1.54, 1.807) is 12.1 Å². The molecule has 0 atom stereocenters. The number of hydrogen-bond acceptors (Lipinski definition) is 3. The van der Waals surface area contributed by atoms with Gasteiger partial charge in [0.15, 0.2) is 0 Å². The summed E-state index contributed by atoms with van der Waals surface area (Å²) in [5.74, 6) is -1.58. The van der Waals surface area contributed by atoms with Gasteiger partial charge in [-0.25, -0.2) is 9.18 Å². The highest BCUT2D eigenvalue weighted by molar-refractivity contribution is 5.85. The van der Waals surface area contributed by atoms with Crippen molar-refractivity contribution in [2.45, 2.75) is 13.5 Å². The van der Waals surface area contributed by atoms with Crippen LogP contribution < -0.4 is 0 Å². The molecule has 0 bridgehead atoms. The fraction of sp³-hybridized carbons (Fsp3) is 0.357. The van der Waals surface area contributed by atoms with Gasteiger partial charge in [0, 0.05) is 18.2 Å². The lowest BCUT2D eigenvalue weighted by atomic mass is 10.1. The van der Waals surface area contributed by atoms with Crippen molar-refractivity contribution in [1.29, 1.82) is 0 Å². The SMILES string of the molecule is CCOCCOCc1ccc(F)c(/C=C/C(=O)O)c1. The summed E-state index contributed by atoms with van der Waals surface area (Å²) in [4.78, 5) is 10.4. The van der Waals surface area contributed by atoms with Crippen molar-refractivity contribution < 1.29 is 23.8 Å². The second kappa shape index (κ2) is 8.39. The Labute approximate surface area is 111 Å². The van der Waals surface area contributed by atoms with Gasteiger partial charge in [-0.15, -0.1) is 0 Å². The zero-order valence-electron chi connectivity index (χ0n) is 10.8. The van der Waals surface area contributed by atoms with E-state index in [4.69, 9.17) is 14.6 Å². The molecule has 0 aliphatic heterocycles. The Morgan fingerprint density at radius 1 is 1.37 bits per heavy atom. The fourth-order valence-corrected chi connectivity index (χ4v) is 1.42. The summed E-state index contributed by atoms with van der Waals surface area (Å²) in [6.07, 6.45) is 2.12. The number of rotatable bonds is 8. The van der Waals surface area contributed by atoms with Crippen molar-refractivity contribution in [1.82, 2.24) is 0 Å². The molecule has 0 spiro atoms. The molecule has 1 N–H and O–H groups in total. The molecule has 1 rings (SSSR count). The third kappa shape index (κ3) is 6.13. The monoisotopic (exact) mass is 268 g/mol. The van der Waals surface area contributed by atoms with Gasteiger partial charge in [-0.2, -0.15) is 0 Å². The Morgan fingerprint density at radius 2 is 2.11 bits per heavy atom. The van der Waals surface area contributed by atoms with Crippen LogP contribution in [0.2, 0.25) is 0 Å². The molecule has 4 nitrogen and oxygen atoms in total. The van der Waals surface area contributed by atoms with Gasteiger partial charge < -0.3 is 14.6 Å². The largest absolute Gasteiger partial charge is 0.478 e. The molecule has 1 aromatic carbocycles. The predicted molar refractivity (Wildman–Crippen MR) is 69.2 cm³/mol. The van der Waals surface area contributed by atoms with Gasteiger partial charge in [0.25, 0.3) is 0 Å². The van der Waals surface area contributed by atoms with E-state index in [1.807, 2.05) is 6.92 Å². The molecule has 0 aromatic heterocycles. The number of carboxylic acid groups (broad SMARTS) is 1. The molecular weight excluding hydrogens is 251 g/mol. The average molecular weight is 268 g/mol. The number of benzene rings is 1. The van der Waals surface area contributed by atoms with Crippen LogP contribution in [0.3, 0.4) is 0 Å². The highest BCUT2D eigenvalue weighted by atomic mass is 19.1. The minimum absolute atomic E-state index is 0.230. The Hall–Kier alpha value is -1.72. The minimum Gasteiger partial charge on any atom is -0.478 e. The number of halogens is 1. The second-order valence-electron chi connectivity index (χ2n) is 3.78. The predicted octanol–water partition coefficient (Wildman–Crippen LogP) is 2.48. The number of carboxylic acids is 1.